The van der Waals surface area contributed by atoms with Crippen molar-refractivity contribution in [1.29, 1.82) is 0 Å². The van der Waals surface area contributed by atoms with Crippen molar-refractivity contribution >= 4 is 5.97 Å². The molecule has 29 heavy (non-hydrogen) atoms. The van der Waals surface area contributed by atoms with Gasteiger partial charge < -0.3 is 31.3 Å². The molecule has 2 aliphatic carbocycles. The molecule has 7 nitrogen and oxygen atoms in total. The molecule has 0 amide bonds. The Kier molecular flexibility index (Phi) is 10.2. The van der Waals surface area contributed by atoms with Crippen LogP contribution in [0, 0.1) is 0 Å². The van der Waals surface area contributed by atoms with Gasteiger partial charge in [-0.2, -0.15) is 0 Å². The number of esters is 1. The van der Waals surface area contributed by atoms with Crippen LogP contribution in [0.4, 0.5) is 0 Å². The molecule has 3 fully saturated rings. The summed E-state index contributed by atoms with van der Waals surface area (Å²) < 4.78 is 5.45. The van der Waals surface area contributed by atoms with Crippen molar-refractivity contribution < 1.29 is 9.53 Å². The lowest BCUT2D eigenvalue weighted by Crippen LogP contribution is -2.54. The zero-order valence-electron chi connectivity index (χ0n) is 18.3. The van der Waals surface area contributed by atoms with E-state index >= 15 is 0 Å². The second-order valence-corrected chi connectivity index (χ2v) is 8.95. The van der Waals surface area contributed by atoms with Gasteiger partial charge in [0.25, 0.3) is 0 Å². The first-order valence-corrected chi connectivity index (χ1v) is 12.1. The Balaban J connectivity index is 1.58. The van der Waals surface area contributed by atoms with Crippen LogP contribution >= 0.6 is 0 Å². The van der Waals surface area contributed by atoms with Crippen molar-refractivity contribution in [3.05, 3.63) is 0 Å². The maximum atomic E-state index is 11.6. The largest absolute Gasteiger partial charge is 0.464 e. The lowest BCUT2D eigenvalue weighted by molar-refractivity contribution is -0.143. The number of hydrogen-bond acceptors (Lipinski definition) is 7. The van der Waals surface area contributed by atoms with E-state index in [0.29, 0.717) is 37.2 Å². The van der Waals surface area contributed by atoms with Gasteiger partial charge in [-0.15, -0.1) is 0 Å². The van der Waals surface area contributed by atoms with Crippen LogP contribution in [0.1, 0.15) is 64.7 Å². The minimum Gasteiger partial charge on any atom is -0.464 e. The number of carbonyl (C=O) groups is 1. The lowest BCUT2D eigenvalue weighted by Gasteiger charge is -2.35. The van der Waals surface area contributed by atoms with Crippen molar-refractivity contribution in [1.82, 2.24) is 26.6 Å². The van der Waals surface area contributed by atoms with Crippen LogP contribution < -0.4 is 26.6 Å². The Hall–Kier alpha value is -0.730. The summed E-state index contributed by atoms with van der Waals surface area (Å²) in [7, 11) is 0. The first-order chi connectivity index (χ1) is 14.3. The van der Waals surface area contributed by atoms with Gasteiger partial charge in [0.15, 0.2) is 0 Å². The summed E-state index contributed by atoms with van der Waals surface area (Å²) in [6.45, 7) is 7.04. The first kappa shape index (κ1) is 22.9. The fourth-order valence-electron chi connectivity index (χ4n) is 5.07. The zero-order valence-corrected chi connectivity index (χ0v) is 18.3. The van der Waals surface area contributed by atoms with E-state index in [4.69, 9.17) is 4.74 Å². The number of rotatable bonds is 3. The first-order valence-electron chi connectivity index (χ1n) is 12.1. The SMILES string of the molecule is CCC(=O)OC[C@@H]1CN[C@@H]2CCCC[C@H]2NCCN[C@@H]2CCCC[C@H]2NCCN1. The quantitative estimate of drug-likeness (QED) is 0.443. The standard InChI is InChI=1S/C22H43N5O2/c1-2-22(28)29-16-17-15-27-21-10-6-5-9-20(21)26-14-13-25-19-8-4-3-7-18(19)24-12-11-23-17/h17-21,23-27H,2-16H2,1H3/t17-,18+,19+,20+,21+/m0/s1. The molecule has 5 N–H and O–H groups in total. The van der Waals surface area contributed by atoms with Crippen LogP contribution in [-0.2, 0) is 9.53 Å². The van der Waals surface area contributed by atoms with Gasteiger partial charge in [-0.1, -0.05) is 32.6 Å². The van der Waals surface area contributed by atoms with Crippen LogP contribution in [-0.4, -0.2) is 75.5 Å². The molecule has 3 rings (SSSR count). The second-order valence-electron chi connectivity index (χ2n) is 8.95. The summed E-state index contributed by atoms with van der Waals surface area (Å²) in [6, 6.07) is 2.33. The fourth-order valence-corrected chi connectivity index (χ4v) is 5.07. The van der Waals surface area contributed by atoms with Gasteiger partial charge in [0.2, 0.25) is 0 Å². The van der Waals surface area contributed by atoms with Crippen molar-refractivity contribution in [3.63, 3.8) is 0 Å². The molecule has 0 spiro atoms. The molecule has 1 heterocycles. The average Bonchev–Trinajstić information content (AvgIpc) is 2.76. The average molecular weight is 410 g/mol. The van der Waals surface area contributed by atoms with Crippen LogP contribution in [0.25, 0.3) is 0 Å². The molecule has 1 saturated heterocycles. The topological polar surface area (TPSA) is 86.5 Å². The molecule has 2 saturated carbocycles. The Morgan fingerprint density at radius 1 is 0.724 bits per heavy atom. The molecule has 1 aliphatic heterocycles. The van der Waals surface area contributed by atoms with Crippen LogP contribution in [0.15, 0.2) is 0 Å². The van der Waals surface area contributed by atoms with Gasteiger partial charge in [0.1, 0.15) is 6.61 Å². The summed E-state index contributed by atoms with van der Waals surface area (Å²) >= 11 is 0. The van der Waals surface area contributed by atoms with Gasteiger partial charge in [-0.3, -0.25) is 4.79 Å². The third kappa shape index (κ3) is 7.79. The molecule has 0 bridgehead atoms. The smallest absolute Gasteiger partial charge is 0.305 e. The van der Waals surface area contributed by atoms with Gasteiger partial charge in [0, 0.05) is 63.3 Å². The van der Waals surface area contributed by atoms with Crippen molar-refractivity contribution in [2.24, 2.45) is 0 Å². The van der Waals surface area contributed by atoms with E-state index in [2.05, 4.69) is 26.6 Å². The normalized spacial score (nSPS) is 35.4. The maximum Gasteiger partial charge on any atom is 0.305 e. The Morgan fingerprint density at radius 3 is 1.66 bits per heavy atom. The lowest BCUT2D eigenvalue weighted by atomic mass is 9.89. The molecule has 7 heteroatoms. The Morgan fingerprint density at radius 2 is 1.17 bits per heavy atom. The molecule has 5 atom stereocenters. The Labute approximate surface area is 176 Å². The minimum atomic E-state index is -0.117. The third-order valence-corrected chi connectivity index (χ3v) is 6.80. The summed E-state index contributed by atoms with van der Waals surface area (Å²) in [4.78, 5) is 11.6. The van der Waals surface area contributed by atoms with E-state index in [0.717, 1.165) is 32.7 Å². The zero-order chi connectivity index (χ0) is 20.3. The van der Waals surface area contributed by atoms with E-state index in [1.165, 1.54) is 51.4 Å². The van der Waals surface area contributed by atoms with Crippen molar-refractivity contribution in [3.8, 4) is 0 Å². The van der Waals surface area contributed by atoms with Gasteiger partial charge in [-0.25, -0.2) is 0 Å². The molecule has 0 radical (unpaired) electrons. The number of carbonyl (C=O) groups excluding carboxylic acids is 1. The molecule has 0 aromatic heterocycles. The maximum absolute atomic E-state index is 11.6. The molecule has 0 aromatic rings. The number of fused-ring (bicyclic) bond motifs is 2. The summed E-state index contributed by atoms with van der Waals surface area (Å²) in [5.41, 5.74) is 0. The summed E-state index contributed by atoms with van der Waals surface area (Å²) in [5, 5.41) is 18.8. The van der Waals surface area contributed by atoms with Gasteiger partial charge in [-0.05, 0) is 25.7 Å². The number of ether oxygens (including phenoxy) is 1. The van der Waals surface area contributed by atoms with E-state index in [1.54, 1.807) is 0 Å². The predicted octanol–water partition coefficient (Wildman–Crippen LogP) is 0.892. The molecular weight excluding hydrogens is 366 g/mol. The monoisotopic (exact) mass is 409 g/mol. The molecule has 168 valence electrons. The van der Waals surface area contributed by atoms with Crippen LogP contribution in [0.2, 0.25) is 0 Å². The van der Waals surface area contributed by atoms with Crippen molar-refractivity contribution in [2.45, 2.75) is 94.9 Å². The molecular formula is C22H43N5O2. The van der Waals surface area contributed by atoms with Crippen molar-refractivity contribution in [2.75, 3.05) is 39.3 Å². The van der Waals surface area contributed by atoms with Gasteiger partial charge >= 0.3 is 5.97 Å². The summed E-state index contributed by atoms with van der Waals surface area (Å²) in [6.07, 6.45) is 10.7. The highest BCUT2D eigenvalue weighted by atomic mass is 16.5. The van der Waals surface area contributed by atoms with Gasteiger partial charge in [0.05, 0.1) is 6.04 Å². The highest BCUT2D eigenvalue weighted by Gasteiger charge is 2.27. The summed E-state index contributed by atoms with van der Waals surface area (Å²) in [5.74, 6) is -0.117. The van der Waals surface area contributed by atoms with E-state index in [1.807, 2.05) is 6.92 Å². The highest BCUT2D eigenvalue weighted by molar-refractivity contribution is 5.68. The molecule has 3 aliphatic rings. The molecule has 0 unspecified atom stereocenters. The third-order valence-electron chi connectivity index (χ3n) is 6.80. The van der Waals surface area contributed by atoms with Crippen LogP contribution in [0.5, 0.6) is 0 Å². The number of hydrogen-bond donors (Lipinski definition) is 5. The van der Waals surface area contributed by atoms with Crippen LogP contribution in [0.3, 0.4) is 0 Å². The number of nitrogens with one attached hydrogen (secondary N) is 5. The van der Waals surface area contributed by atoms with E-state index < -0.39 is 0 Å². The second kappa shape index (κ2) is 12.8. The molecule has 0 aromatic carbocycles. The Bertz CT molecular complexity index is 478. The highest BCUT2D eigenvalue weighted by Crippen LogP contribution is 2.20. The minimum absolute atomic E-state index is 0.117. The fraction of sp³-hybridized carbons (Fsp3) is 0.955. The van der Waals surface area contributed by atoms with E-state index in [9.17, 15) is 4.79 Å². The van der Waals surface area contributed by atoms with E-state index in [-0.39, 0.29) is 12.0 Å². The predicted molar refractivity (Wildman–Crippen MR) is 117 cm³/mol.